The third kappa shape index (κ3) is 20.5. The van der Waals surface area contributed by atoms with Gasteiger partial charge in [-0.25, -0.2) is 14.8 Å². The Labute approximate surface area is 633 Å². The van der Waals surface area contributed by atoms with Gasteiger partial charge in [-0.05, 0) is 109 Å². The zero-order valence-corrected chi connectivity index (χ0v) is 64.2. The summed E-state index contributed by atoms with van der Waals surface area (Å²) in [4.78, 5) is 111. The van der Waals surface area contributed by atoms with Gasteiger partial charge in [-0.2, -0.15) is 5.26 Å². The maximum absolute atomic E-state index is 14.4. The van der Waals surface area contributed by atoms with Crippen molar-refractivity contribution < 1.29 is 62.0 Å². The smallest absolute Gasteiger partial charge is 0.405 e. The van der Waals surface area contributed by atoms with Crippen molar-refractivity contribution in [2.24, 2.45) is 27.6 Å². The molecule has 27 heteroatoms. The summed E-state index contributed by atoms with van der Waals surface area (Å²) in [5, 5.41) is 45.1. The summed E-state index contributed by atoms with van der Waals surface area (Å²) >= 11 is 0. The Kier molecular flexibility index (Phi) is 27.5. The average molecular weight is 1490 g/mol. The van der Waals surface area contributed by atoms with Gasteiger partial charge in [0.15, 0.2) is 24.6 Å². The van der Waals surface area contributed by atoms with Crippen LogP contribution in [0.4, 0.5) is 4.79 Å². The molecule has 4 aromatic rings. The fourth-order valence-electron chi connectivity index (χ4n) is 14.7. The first kappa shape index (κ1) is 80.3. The Morgan fingerprint density at radius 2 is 1.33 bits per heavy atom. The lowest BCUT2D eigenvalue weighted by molar-refractivity contribution is -0.123. The molecule has 26 nitrogen and oxygen atoms in total. The number of primary amides is 1. The number of carbonyl (C=O) groups is 7. The number of aliphatic imine (C=N–C) groups is 2. The minimum Gasteiger partial charge on any atom is -0.484 e. The number of aliphatic hydroxyl groups excluding tert-OH is 1. The number of nitrogens with zero attached hydrogens (tertiary/aromatic N) is 5. The molecule has 1 aliphatic carbocycles. The predicted molar refractivity (Wildman–Crippen MR) is 413 cm³/mol. The van der Waals surface area contributed by atoms with E-state index in [0.717, 1.165) is 75.0 Å². The van der Waals surface area contributed by atoms with Crippen LogP contribution in [0.15, 0.2) is 172 Å². The van der Waals surface area contributed by atoms with E-state index in [-0.39, 0.29) is 114 Å². The van der Waals surface area contributed by atoms with Gasteiger partial charge in [-0.1, -0.05) is 144 Å². The van der Waals surface area contributed by atoms with E-state index in [9.17, 15) is 43.9 Å². The number of rotatable bonds is 23. The fraction of sp³-hybridized carbons (Fsp3) is 0.457. The molecule has 2 fully saturated rings. The summed E-state index contributed by atoms with van der Waals surface area (Å²) in [6.07, 6.45) is 6.50. The molecule has 2 bridgehead atoms. The maximum atomic E-state index is 14.4. The lowest BCUT2D eigenvalue weighted by Crippen LogP contribution is -2.67. The first-order chi connectivity index (χ1) is 51.8. The van der Waals surface area contributed by atoms with Crippen molar-refractivity contribution in [2.45, 2.75) is 160 Å². The molecule has 6 aliphatic rings. The molecule has 108 heavy (non-hydrogen) atoms. The van der Waals surface area contributed by atoms with Crippen molar-refractivity contribution in [1.82, 2.24) is 47.0 Å². The zero-order valence-electron chi connectivity index (χ0n) is 63.2. The van der Waals surface area contributed by atoms with E-state index in [1.54, 1.807) is 26.0 Å². The van der Waals surface area contributed by atoms with Crippen molar-refractivity contribution in [1.29, 1.82) is 5.26 Å². The first-order valence-electron chi connectivity index (χ1n) is 37.1. The minimum absolute atomic E-state index is 0.0523. The number of ether oxygens (including phenoxy) is 4. The number of hydrogen-bond donors (Lipinski definition) is 9. The van der Waals surface area contributed by atoms with E-state index < -0.39 is 86.5 Å². The number of hydrogen-bond acceptors (Lipinski definition) is 21. The number of benzene rings is 4. The first-order valence-corrected chi connectivity index (χ1v) is 39.1. The highest BCUT2D eigenvalue weighted by Crippen LogP contribution is 2.38. The summed E-state index contributed by atoms with van der Waals surface area (Å²) in [7, 11) is 0.0806. The van der Waals surface area contributed by atoms with Crippen LogP contribution in [0.5, 0.6) is 5.75 Å². The summed E-state index contributed by atoms with van der Waals surface area (Å²) in [6, 6.07) is 34.6. The van der Waals surface area contributed by atoms with Crippen molar-refractivity contribution in [2.75, 3.05) is 66.7 Å². The number of fused-ring (bicyclic) bond motifs is 4. The summed E-state index contributed by atoms with van der Waals surface area (Å²) < 4.78 is 30.3. The van der Waals surface area contributed by atoms with Crippen LogP contribution in [0.25, 0.3) is 0 Å². The number of guanidine groups is 2. The molecule has 0 unspecified atom stereocenters. The Morgan fingerprint density at radius 3 is 1.90 bits per heavy atom. The number of carbonyl (C=O) groups excluding carboxylic acids is 7. The molecule has 10 atom stereocenters. The third-order valence-corrected chi connectivity index (χ3v) is 25.7. The maximum Gasteiger partial charge on any atom is 0.405 e. The number of nitrogens with one attached hydrogen (secondary N) is 7. The van der Waals surface area contributed by atoms with Crippen LogP contribution in [0, 0.1) is 23.2 Å². The number of aliphatic hydroxyl groups is 1. The van der Waals surface area contributed by atoms with Crippen LogP contribution in [0.1, 0.15) is 125 Å². The van der Waals surface area contributed by atoms with Gasteiger partial charge in [0.25, 0.3) is 31.9 Å². The van der Waals surface area contributed by atoms with E-state index in [0.29, 0.717) is 24.6 Å². The third-order valence-electron chi connectivity index (χ3n) is 20.7. The quantitative estimate of drug-likeness (QED) is 0.0241. The molecule has 0 spiro atoms. The van der Waals surface area contributed by atoms with E-state index in [1.165, 1.54) is 61.9 Å². The molecular weight excluding hydrogens is 1390 g/mol. The zero-order chi connectivity index (χ0) is 77.2. The van der Waals surface area contributed by atoms with Crippen molar-refractivity contribution in [3.05, 3.63) is 184 Å². The Morgan fingerprint density at radius 1 is 0.759 bits per heavy atom. The average Bonchev–Trinajstić information content (AvgIpc) is 0.746. The van der Waals surface area contributed by atoms with Gasteiger partial charge in [-0.15, -0.1) is 0 Å². The van der Waals surface area contributed by atoms with Gasteiger partial charge >= 0.3 is 6.09 Å². The van der Waals surface area contributed by atoms with Crippen LogP contribution in [-0.2, 0) is 50.9 Å². The molecule has 0 aromatic heterocycles. The second-order valence-electron chi connectivity index (χ2n) is 29.7. The van der Waals surface area contributed by atoms with E-state index in [2.05, 4.69) is 122 Å². The molecule has 2 saturated heterocycles. The molecule has 10 rings (SSSR count). The SMILES string of the molecule is CO[C@H]1/C=C\C=C(/C)C(=O)NC2=CC(=O)C(NCc3ccc(CNC(=O)COc4cc(C(=O)NC[C@H]5CCN6CC[C@H](CO[Si](c7ccccc7)(c7ccccc7)C(C)(C)C)N=C6N5)cc(C(=O)NC[C@H]5CCN6CC[C@H](CC#N)N=C6N5)c4)cc3)=C(C[C@@H](C)C[C@H](OC)[C@H](O)[C@@H](C)/C=C(\C)[C@@H]1OC(N)=O)C2=O. The summed E-state index contributed by atoms with van der Waals surface area (Å²) in [5.74, 6) is -2.40. The van der Waals surface area contributed by atoms with Crippen molar-refractivity contribution in [3.8, 4) is 11.8 Å². The van der Waals surface area contributed by atoms with Gasteiger partial charge in [0.05, 0.1) is 54.8 Å². The van der Waals surface area contributed by atoms with E-state index in [4.69, 9.17) is 39.1 Å². The lowest BCUT2D eigenvalue weighted by atomic mass is 9.85. The lowest BCUT2D eigenvalue weighted by Gasteiger charge is -2.44. The Balaban J connectivity index is 0.784. The number of Topliss-reactive ketones (excluding diaryl/α,β-unsaturated/α-hetero) is 1. The van der Waals surface area contributed by atoms with Crippen molar-refractivity contribution in [3.63, 3.8) is 0 Å². The normalized spacial score (nSPS) is 25.0. The monoisotopic (exact) mass is 1490 g/mol. The molecule has 5 heterocycles. The molecule has 574 valence electrons. The molecule has 10 N–H and O–H groups in total. The highest BCUT2D eigenvalue weighted by molar-refractivity contribution is 6.99. The number of nitrogens with two attached hydrogens (primary N) is 1. The number of amides is 5. The predicted octanol–water partition coefficient (Wildman–Crippen LogP) is 5.78. The van der Waals surface area contributed by atoms with Crippen molar-refractivity contribution >= 4 is 71.9 Å². The second-order valence-corrected chi connectivity index (χ2v) is 34.0. The van der Waals surface area contributed by atoms with Gasteiger partial charge in [-0.3, -0.25) is 28.8 Å². The number of ketones is 2. The second kappa shape index (κ2) is 37.0. The highest BCUT2D eigenvalue weighted by Gasteiger charge is 2.51. The molecule has 0 radical (unpaired) electrons. The Hall–Kier alpha value is -10.2. The van der Waals surface area contributed by atoms with Crippen LogP contribution >= 0.6 is 0 Å². The van der Waals surface area contributed by atoms with Crippen LogP contribution < -0.4 is 58.1 Å². The fourth-order valence-corrected chi connectivity index (χ4v) is 19.3. The van der Waals surface area contributed by atoms with Gasteiger partial charge in [0.1, 0.15) is 11.9 Å². The standard InChI is InChI=1S/C81H103N13O13Si/c1-50-37-65-71(67(95)43-66(73(65)98)92-75(99)51(2)17-16-22-68(103-8)74(107-78(83)102)53(4)39-52(3)72(97)69(38-50)104-9)85-45-55-25-23-54(24-26-55)44-84-70(96)49-105-62-41-56(76(100)86-46-59-29-34-93-33-28-58(27-32-82)88-79(93)89-59)40-57(42-62)77(101)87-47-60-30-35-94-36-31-61(91-80(94)90-60)48-106-108(81(5,6)7,63-18-12-10-13-19-63)64-20-14-11-15-21-64/h10-26,39-43,50,52,58-61,68-69,72,74,85,97H,27-31,33-38,44-49H2,1-9H3,(H2,83,102)(H,84,96)(H,86,100)(H,87,101)(H,88,89)(H,90,91)(H,92,99)/b22-16-,51-17+,53-39+/t50-,52+,58+,59-,60-,61-,68+,69+,72-,74+/m1/s1. The van der Waals surface area contributed by atoms with Crippen LogP contribution in [0.3, 0.4) is 0 Å². The largest absolute Gasteiger partial charge is 0.484 e. The minimum atomic E-state index is -2.81. The molecule has 0 saturated carbocycles. The molecule has 4 aromatic carbocycles. The van der Waals surface area contributed by atoms with Crippen LogP contribution in [-0.4, -0.2) is 192 Å². The summed E-state index contributed by atoms with van der Waals surface area (Å²) in [5.41, 5.74) is 7.94. The van der Waals surface area contributed by atoms with Gasteiger partial charge < -0.3 is 81.2 Å². The molecular formula is C81H103N13O13Si. The molecule has 5 aliphatic heterocycles. The van der Waals surface area contributed by atoms with E-state index in [1.807, 2.05) is 43.3 Å². The molecule has 5 amide bonds. The van der Waals surface area contributed by atoms with Crippen LogP contribution in [0.2, 0.25) is 5.04 Å². The Bertz CT molecular complexity index is 4150. The number of allylic oxidation sites excluding steroid dienone is 4. The summed E-state index contributed by atoms with van der Waals surface area (Å²) in [6.45, 7) is 17.5. The van der Waals surface area contributed by atoms with Gasteiger partial charge in [0.2, 0.25) is 11.6 Å². The number of methoxy groups -OCH3 is 2. The number of nitriles is 1. The van der Waals surface area contributed by atoms with Gasteiger partial charge in [0, 0.05) is 113 Å². The highest BCUT2D eigenvalue weighted by atomic mass is 28.4. The van der Waals surface area contributed by atoms with E-state index >= 15 is 0 Å². The topological polar surface area (TPSA) is 351 Å².